The van der Waals surface area contributed by atoms with Gasteiger partial charge in [-0.3, -0.25) is 4.79 Å². The van der Waals surface area contributed by atoms with Crippen LogP contribution in [0.5, 0.6) is 0 Å². The zero-order chi connectivity index (χ0) is 17.7. The Labute approximate surface area is 139 Å². The molecule has 2 rings (SSSR count). The molecule has 0 bridgehead atoms. The molecule has 5 nitrogen and oxygen atoms in total. The van der Waals surface area contributed by atoms with Crippen LogP contribution in [0.15, 0.2) is 54.1 Å². The zero-order valence-electron chi connectivity index (χ0n) is 13.4. The van der Waals surface area contributed by atoms with Gasteiger partial charge in [0.05, 0.1) is 11.7 Å². The van der Waals surface area contributed by atoms with E-state index in [0.29, 0.717) is 24.3 Å². The summed E-state index contributed by atoms with van der Waals surface area (Å²) in [5.41, 5.74) is 1.13. The molecule has 24 heavy (non-hydrogen) atoms. The molecule has 0 unspecified atom stereocenters. The van der Waals surface area contributed by atoms with Crippen LogP contribution >= 0.6 is 0 Å². The molecule has 0 radical (unpaired) electrons. The van der Waals surface area contributed by atoms with Gasteiger partial charge in [-0.1, -0.05) is 17.3 Å². The first-order chi connectivity index (χ1) is 11.5. The van der Waals surface area contributed by atoms with Gasteiger partial charge in [0, 0.05) is 18.7 Å². The van der Waals surface area contributed by atoms with Gasteiger partial charge >= 0.3 is 0 Å². The first-order valence-electron chi connectivity index (χ1n) is 7.44. The average molecular weight is 330 g/mol. The molecule has 1 aromatic carbocycles. The molecule has 1 N–H and O–H groups in total. The normalized spacial score (nSPS) is 11.8. The molecule has 2 aromatic rings. The number of aliphatic hydroxyl groups excluding tert-OH is 1. The summed E-state index contributed by atoms with van der Waals surface area (Å²) < 4.78 is 18.3. The molecule has 0 fully saturated rings. The van der Waals surface area contributed by atoms with Gasteiger partial charge in [-0.2, -0.15) is 0 Å². The number of aromatic nitrogens is 1. The predicted octanol–water partition coefficient (Wildman–Crippen LogP) is 3.35. The lowest BCUT2D eigenvalue weighted by molar-refractivity contribution is 0.0741. The highest BCUT2D eigenvalue weighted by atomic mass is 19.1. The topological polar surface area (TPSA) is 66.6 Å². The Hall–Kier alpha value is -2.73. The number of hydrogen-bond donors (Lipinski definition) is 1. The van der Waals surface area contributed by atoms with Crippen molar-refractivity contribution >= 4 is 5.91 Å². The summed E-state index contributed by atoms with van der Waals surface area (Å²) in [7, 11) is 0. The van der Waals surface area contributed by atoms with Gasteiger partial charge in [0.25, 0.3) is 5.91 Å². The molecule has 1 atom stereocenters. The molecule has 0 saturated heterocycles. The van der Waals surface area contributed by atoms with E-state index < -0.39 is 12.0 Å². The highest BCUT2D eigenvalue weighted by Crippen LogP contribution is 2.31. The molecular weight excluding hydrogens is 311 g/mol. The second kappa shape index (κ2) is 7.70. The Balaban J connectivity index is 2.48. The number of carbonyl (C=O) groups excluding carboxylic acids is 1. The number of rotatable bonds is 7. The third kappa shape index (κ3) is 3.60. The summed E-state index contributed by atoms with van der Waals surface area (Å²) in [4.78, 5) is 14.1. The van der Waals surface area contributed by atoms with Crippen molar-refractivity contribution in [1.29, 1.82) is 0 Å². The Morgan fingerprint density at radius 1 is 1.33 bits per heavy atom. The van der Waals surface area contributed by atoms with Crippen LogP contribution in [0.25, 0.3) is 11.3 Å². The van der Waals surface area contributed by atoms with Crippen LogP contribution in [0.2, 0.25) is 0 Å². The van der Waals surface area contributed by atoms with E-state index in [2.05, 4.69) is 18.3 Å². The average Bonchev–Trinajstić information content (AvgIpc) is 3.00. The lowest BCUT2D eigenvalue weighted by atomic mass is 10.0. The van der Waals surface area contributed by atoms with Crippen LogP contribution < -0.4 is 0 Å². The van der Waals surface area contributed by atoms with Crippen LogP contribution in [0.3, 0.4) is 0 Å². The van der Waals surface area contributed by atoms with E-state index in [1.807, 2.05) is 0 Å². The monoisotopic (exact) mass is 330 g/mol. The lowest BCUT2D eigenvalue weighted by Crippen LogP contribution is -2.31. The number of hydrogen-bond acceptors (Lipinski definition) is 4. The molecular formula is C18H19FN2O3. The van der Waals surface area contributed by atoms with E-state index in [1.165, 1.54) is 36.1 Å². The second-order valence-corrected chi connectivity index (χ2v) is 5.24. The number of amides is 1. The van der Waals surface area contributed by atoms with Gasteiger partial charge in [-0.25, -0.2) is 4.39 Å². The molecule has 126 valence electrons. The lowest BCUT2D eigenvalue weighted by Gasteiger charge is -2.18. The number of halogens is 1. The fourth-order valence-electron chi connectivity index (χ4n) is 2.35. The maximum Gasteiger partial charge on any atom is 0.293 e. The summed E-state index contributed by atoms with van der Waals surface area (Å²) in [6.07, 6.45) is 2.19. The van der Waals surface area contributed by atoms with Crippen molar-refractivity contribution in [3.05, 3.63) is 66.7 Å². The number of benzene rings is 1. The van der Waals surface area contributed by atoms with Gasteiger partial charge in [0.2, 0.25) is 5.76 Å². The Morgan fingerprint density at radius 3 is 2.42 bits per heavy atom. The fraction of sp³-hybridized carbons (Fsp3) is 0.222. The number of carbonyl (C=O) groups is 1. The first-order valence-corrected chi connectivity index (χ1v) is 7.44. The Bertz CT molecular complexity index is 725. The van der Waals surface area contributed by atoms with Crippen molar-refractivity contribution in [2.45, 2.75) is 13.0 Å². The first kappa shape index (κ1) is 17.6. The second-order valence-electron chi connectivity index (χ2n) is 5.24. The van der Waals surface area contributed by atoms with E-state index in [9.17, 15) is 14.3 Å². The maximum atomic E-state index is 13.1. The molecule has 1 aromatic heterocycles. The van der Waals surface area contributed by atoms with Crippen molar-refractivity contribution in [3.63, 3.8) is 0 Å². The van der Waals surface area contributed by atoms with Crippen molar-refractivity contribution < 1.29 is 18.8 Å². The Morgan fingerprint density at radius 2 is 1.92 bits per heavy atom. The van der Waals surface area contributed by atoms with Crippen molar-refractivity contribution in [2.75, 3.05) is 13.1 Å². The van der Waals surface area contributed by atoms with Crippen molar-refractivity contribution in [2.24, 2.45) is 0 Å². The summed E-state index contributed by atoms with van der Waals surface area (Å²) in [5.74, 6) is -0.861. The van der Waals surface area contributed by atoms with Crippen LogP contribution in [-0.4, -0.2) is 34.2 Å². The van der Waals surface area contributed by atoms with E-state index in [4.69, 9.17) is 4.52 Å². The zero-order valence-corrected chi connectivity index (χ0v) is 13.4. The van der Waals surface area contributed by atoms with E-state index in [1.54, 1.807) is 12.2 Å². The number of nitrogens with zero attached hydrogens (tertiary/aromatic N) is 2. The van der Waals surface area contributed by atoms with E-state index >= 15 is 0 Å². The molecule has 6 heteroatoms. The highest BCUT2D eigenvalue weighted by Gasteiger charge is 2.28. The molecule has 1 amide bonds. The maximum absolute atomic E-state index is 13.1. The van der Waals surface area contributed by atoms with Gasteiger partial charge < -0.3 is 14.5 Å². The molecule has 0 aliphatic rings. The Kier molecular flexibility index (Phi) is 5.65. The smallest absolute Gasteiger partial charge is 0.293 e. The number of aliphatic hydroxyl groups is 1. The van der Waals surface area contributed by atoms with Crippen LogP contribution in [0.4, 0.5) is 4.39 Å². The summed E-state index contributed by atoms with van der Waals surface area (Å²) in [5, 5.41) is 14.0. The molecule has 1 heterocycles. The van der Waals surface area contributed by atoms with Crippen molar-refractivity contribution in [3.8, 4) is 11.3 Å². The predicted molar refractivity (Wildman–Crippen MR) is 88.8 cm³/mol. The van der Waals surface area contributed by atoms with Crippen LogP contribution in [-0.2, 0) is 0 Å². The minimum atomic E-state index is -0.982. The fourth-order valence-corrected chi connectivity index (χ4v) is 2.35. The highest BCUT2D eigenvalue weighted by molar-refractivity contribution is 5.94. The largest absolute Gasteiger partial charge is 0.388 e. The summed E-state index contributed by atoms with van der Waals surface area (Å²) in [6.45, 7) is 9.36. The summed E-state index contributed by atoms with van der Waals surface area (Å²) in [6, 6.07) is 5.58. The third-order valence-electron chi connectivity index (χ3n) is 3.44. The SMILES string of the molecule is C=CCN(CC=C)C(=O)c1onc(-c2ccc(F)cc2)c1[C@H](C)O. The van der Waals surface area contributed by atoms with Crippen molar-refractivity contribution in [1.82, 2.24) is 10.1 Å². The van der Waals surface area contributed by atoms with E-state index in [-0.39, 0.29) is 17.1 Å². The minimum Gasteiger partial charge on any atom is -0.388 e. The van der Waals surface area contributed by atoms with Crippen LogP contribution in [0.1, 0.15) is 29.1 Å². The van der Waals surface area contributed by atoms with Gasteiger partial charge in [-0.05, 0) is 31.2 Å². The molecule has 0 spiro atoms. The van der Waals surface area contributed by atoms with Gasteiger partial charge in [0.1, 0.15) is 11.5 Å². The summed E-state index contributed by atoms with van der Waals surface area (Å²) >= 11 is 0. The standard InChI is InChI=1S/C18H19FN2O3/c1-4-10-21(11-5-2)18(23)17-15(12(3)22)16(20-24-17)13-6-8-14(19)9-7-13/h4-9,12,22H,1-2,10-11H2,3H3/t12-/m0/s1. The van der Waals surface area contributed by atoms with Gasteiger partial charge in [-0.15, -0.1) is 13.2 Å². The van der Waals surface area contributed by atoms with Gasteiger partial charge in [0.15, 0.2) is 0 Å². The minimum absolute atomic E-state index is 0.0481. The van der Waals surface area contributed by atoms with Crippen LogP contribution in [0, 0.1) is 5.82 Å². The van der Waals surface area contributed by atoms with E-state index in [0.717, 1.165) is 0 Å². The molecule has 0 aliphatic heterocycles. The molecule has 0 saturated carbocycles. The quantitative estimate of drug-likeness (QED) is 0.791. The molecule has 0 aliphatic carbocycles. The third-order valence-corrected chi connectivity index (χ3v) is 3.44.